The van der Waals surface area contributed by atoms with Crippen molar-refractivity contribution in [2.45, 2.75) is 57.0 Å². The van der Waals surface area contributed by atoms with Gasteiger partial charge in [0, 0.05) is 45.6 Å². The molecule has 4 atom stereocenters. The molecule has 171 valence electrons. The van der Waals surface area contributed by atoms with Crippen molar-refractivity contribution < 1.29 is 45.6 Å². The molecule has 2 bridgehead atoms. The molecule has 28 heavy (non-hydrogen) atoms. The van der Waals surface area contributed by atoms with Gasteiger partial charge in [0.05, 0.1) is 0 Å². The first-order valence-corrected chi connectivity index (χ1v) is 11.8. The fraction of sp³-hybridized carbons (Fsp3) is 0.833. The predicted octanol–water partition coefficient (Wildman–Crippen LogP) is 6.73. The molecule has 2 nitrogen and oxygen atoms in total. The summed E-state index contributed by atoms with van der Waals surface area (Å²) in [6.45, 7) is 12.2. The summed E-state index contributed by atoms with van der Waals surface area (Å²) in [6, 6.07) is 1.92. The van der Waals surface area contributed by atoms with Crippen LogP contribution in [0.3, 0.4) is 0 Å². The number of halogens is 6. The van der Waals surface area contributed by atoms with Gasteiger partial charge in [0.25, 0.3) is 0 Å². The molecule has 0 amide bonds. The molecule has 0 aromatic rings. The topological polar surface area (TPSA) is 6.48 Å². The second-order valence-electron chi connectivity index (χ2n) is 8.12. The normalized spacial score (nSPS) is 35.0. The van der Waals surface area contributed by atoms with Gasteiger partial charge >= 0.3 is 33.0 Å². The fourth-order valence-corrected chi connectivity index (χ4v) is 5.25. The molecule has 0 aliphatic carbocycles. The van der Waals surface area contributed by atoms with Crippen molar-refractivity contribution in [2.75, 3.05) is 26.2 Å². The Morgan fingerprint density at radius 1 is 0.750 bits per heavy atom. The average Bonchev–Trinajstić information content (AvgIpc) is 2.53. The van der Waals surface area contributed by atoms with E-state index in [1.54, 1.807) is 6.42 Å². The van der Waals surface area contributed by atoms with Crippen LogP contribution < -0.4 is 0 Å². The van der Waals surface area contributed by atoms with Crippen molar-refractivity contribution >= 4 is 7.81 Å². The molecule has 4 aliphatic rings. The summed E-state index contributed by atoms with van der Waals surface area (Å²) in [5.74, 6) is 2.03. The summed E-state index contributed by atoms with van der Waals surface area (Å²) in [6.07, 6.45) is 12.0. The molecule has 0 N–H and O–H groups in total. The van der Waals surface area contributed by atoms with Gasteiger partial charge in [-0.15, -0.1) is 6.58 Å². The predicted molar refractivity (Wildman–Crippen MR) is 99.1 cm³/mol. The van der Waals surface area contributed by atoms with Gasteiger partial charge in [-0.2, -0.15) is 0 Å². The zero-order chi connectivity index (χ0) is 20.4. The zero-order valence-electron chi connectivity index (χ0n) is 16.0. The first-order valence-electron chi connectivity index (χ1n) is 9.73. The molecule has 4 heterocycles. The molecule has 1 radical (unpaired) electrons. The van der Waals surface area contributed by atoms with Crippen molar-refractivity contribution in [1.29, 1.82) is 0 Å². The van der Waals surface area contributed by atoms with Crippen LogP contribution in [0.4, 0.5) is 25.2 Å². The van der Waals surface area contributed by atoms with E-state index >= 15 is 0 Å². The van der Waals surface area contributed by atoms with Crippen LogP contribution in [0.2, 0.25) is 0 Å². The molecular weight excluding hydrogens is 496 g/mol. The van der Waals surface area contributed by atoms with Crippen LogP contribution in [-0.2, 0) is 20.4 Å². The first-order chi connectivity index (χ1) is 12.3. The molecule has 4 rings (SSSR count). The van der Waals surface area contributed by atoms with Gasteiger partial charge in [-0.1, -0.05) is 18.9 Å². The maximum absolute atomic E-state index is 10.7. The Hall–Kier alpha value is 0.332. The van der Waals surface area contributed by atoms with E-state index in [1.165, 1.54) is 70.8 Å². The molecule has 0 spiro atoms. The smallest absolute Gasteiger partial charge is 0 e. The van der Waals surface area contributed by atoms with Crippen molar-refractivity contribution in [3.8, 4) is 0 Å². The Bertz CT molecular complexity index is 476. The van der Waals surface area contributed by atoms with E-state index in [9.17, 15) is 25.2 Å². The molecule has 10 heteroatoms. The number of fused-ring (bicyclic) bond motifs is 6. The van der Waals surface area contributed by atoms with Gasteiger partial charge in [0.2, 0.25) is 0 Å². The standard InChI is InChI=1S/C15H26N2.C3H5.F6P.Pd/c1-3-7-16-11-13-9-12(14(16)5-1)10-17-8-4-2-6-15(13)17;1-3-2;1-7(2,3,4,5)6;/h12-15H,1-11H2;3H,1-2H2;;/q;;-1;/t12-,13-,14-,15+;;;/m0.../s1. The molecule has 0 unspecified atom stereocenters. The van der Waals surface area contributed by atoms with E-state index in [0.717, 1.165) is 23.9 Å². The zero-order valence-corrected chi connectivity index (χ0v) is 18.5. The summed E-state index contributed by atoms with van der Waals surface area (Å²) >= 11 is 0. The number of rotatable bonds is 0. The third-order valence-electron chi connectivity index (χ3n) is 5.96. The van der Waals surface area contributed by atoms with Crippen molar-refractivity contribution in [1.82, 2.24) is 9.80 Å². The molecule has 0 aromatic heterocycles. The minimum Gasteiger partial charge on any atom is -0.103 e. The monoisotopic (exact) mass is 526 g/mol. The largest absolute Gasteiger partial charge is 0.103 e. The summed E-state index contributed by atoms with van der Waals surface area (Å²) in [7, 11) is -10.7. The molecular formula is C18H31F6N2PPd-. The maximum Gasteiger partial charge on any atom is 0 e. The quantitative estimate of drug-likeness (QED) is 0.196. The number of nitrogens with zero attached hydrogens (tertiary/aromatic N) is 2. The summed E-state index contributed by atoms with van der Waals surface area (Å²) < 4.78 is 59.2. The van der Waals surface area contributed by atoms with Crippen molar-refractivity contribution in [2.24, 2.45) is 11.8 Å². The Balaban J connectivity index is 0.000000306. The van der Waals surface area contributed by atoms with Crippen LogP contribution in [-0.4, -0.2) is 48.1 Å². The van der Waals surface area contributed by atoms with E-state index in [4.69, 9.17) is 0 Å². The second-order valence-corrected chi connectivity index (χ2v) is 10.0. The number of piperidine rings is 4. The van der Waals surface area contributed by atoms with E-state index in [0.29, 0.717) is 0 Å². The Morgan fingerprint density at radius 3 is 1.39 bits per heavy atom. The van der Waals surface area contributed by atoms with Crippen LogP contribution >= 0.6 is 7.81 Å². The van der Waals surface area contributed by atoms with Gasteiger partial charge in [-0.25, -0.2) is 0 Å². The summed E-state index contributed by atoms with van der Waals surface area (Å²) in [5.41, 5.74) is 0. The van der Waals surface area contributed by atoms with Crippen LogP contribution in [0, 0.1) is 18.8 Å². The van der Waals surface area contributed by atoms with Crippen molar-refractivity contribution in [3.63, 3.8) is 0 Å². The third kappa shape index (κ3) is 9.43. The van der Waals surface area contributed by atoms with Gasteiger partial charge in [-0.05, 0) is 64.0 Å². The Morgan fingerprint density at radius 2 is 1.07 bits per heavy atom. The van der Waals surface area contributed by atoms with Crippen LogP contribution in [0.1, 0.15) is 44.9 Å². The van der Waals surface area contributed by atoms with E-state index in [2.05, 4.69) is 23.3 Å². The summed E-state index contributed by atoms with van der Waals surface area (Å²) in [5, 5.41) is 0. The molecule has 0 saturated carbocycles. The van der Waals surface area contributed by atoms with Gasteiger partial charge in [0.1, 0.15) is 0 Å². The second kappa shape index (κ2) is 9.22. The van der Waals surface area contributed by atoms with Crippen molar-refractivity contribution in [3.05, 3.63) is 19.6 Å². The van der Waals surface area contributed by atoms with Crippen LogP contribution in [0.25, 0.3) is 0 Å². The van der Waals surface area contributed by atoms with Crippen LogP contribution in [0.15, 0.2) is 12.7 Å². The van der Waals surface area contributed by atoms with Crippen LogP contribution in [0.5, 0.6) is 0 Å². The van der Waals surface area contributed by atoms with E-state index in [-0.39, 0.29) is 20.4 Å². The van der Waals surface area contributed by atoms with E-state index < -0.39 is 7.81 Å². The van der Waals surface area contributed by atoms with Gasteiger partial charge in [0.15, 0.2) is 0 Å². The van der Waals surface area contributed by atoms with E-state index in [1.807, 2.05) is 0 Å². The third-order valence-corrected chi connectivity index (χ3v) is 5.96. The van der Waals surface area contributed by atoms with Gasteiger partial charge < -0.3 is 0 Å². The average molecular weight is 527 g/mol. The SMILES string of the molecule is C1CCN2C[C@@H]3C[C@@H](CN4CCCC[C@@H]34)[C@H]2C1.F[P-](F)(F)(F)(F)F.[CH2]C=C.[Pd]. The Labute approximate surface area is 178 Å². The molecule has 0 aromatic carbocycles. The first kappa shape index (κ1) is 26.4. The number of hydrogen-bond donors (Lipinski definition) is 0. The summed E-state index contributed by atoms with van der Waals surface area (Å²) in [4.78, 5) is 5.74. The molecule has 4 saturated heterocycles. The fourth-order valence-electron chi connectivity index (χ4n) is 5.25. The molecule has 4 aliphatic heterocycles. The van der Waals surface area contributed by atoms with Gasteiger partial charge in [-0.3, -0.25) is 9.80 Å². The minimum absolute atomic E-state index is 0. The Kier molecular flexibility index (Phi) is 8.68. The number of hydrogen-bond acceptors (Lipinski definition) is 2. The minimum atomic E-state index is -10.7. The molecule has 4 fully saturated rings. The number of allylic oxidation sites excluding steroid dienone is 1. The maximum atomic E-state index is 9.87.